The van der Waals surface area contributed by atoms with Gasteiger partial charge in [-0.05, 0) is 43.9 Å². The molecule has 0 bridgehead atoms. The molecule has 0 spiro atoms. The van der Waals surface area contributed by atoms with Gasteiger partial charge in [0.2, 0.25) is 5.95 Å². The van der Waals surface area contributed by atoms with E-state index in [2.05, 4.69) is 30.5 Å². The van der Waals surface area contributed by atoms with E-state index in [1.54, 1.807) is 18.5 Å². The molecule has 33 heavy (non-hydrogen) atoms. The Morgan fingerprint density at radius 2 is 1.88 bits per heavy atom. The molecule has 2 fully saturated rings. The molecule has 3 heterocycles. The van der Waals surface area contributed by atoms with Gasteiger partial charge in [0.1, 0.15) is 0 Å². The first kappa shape index (κ1) is 21.5. The molecule has 0 atom stereocenters. The first-order valence-electron chi connectivity index (χ1n) is 11.5. The first-order chi connectivity index (χ1) is 16.2. The van der Waals surface area contributed by atoms with E-state index >= 15 is 0 Å². The maximum Gasteiger partial charge on any atom is 0.257 e. The highest BCUT2D eigenvalue weighted by Crippen LogP contribution is 2.26. The van der Waals surface area contributed by atoms with Crippen molar-refractivity contribution in [2.75, 3.05) is 41.8 Å². The molecule has 172 valence electrons. The van der Waals surface area contributed by atoms with Crippen LogP contribution in [0.25, 0.3) is 10.9 Å². The Bertz CT molecular complexity index is 1130. The number of aromatic nitrogens is 3. The number of ether oxygens (including phenoxy) is 1. The highest BCUT2D eigenvalue weighted by atomic mass is 16.5. The van der Waals surface area contributed by atoms with Crippen molar-refractivity contribution in [2.45, 2.75) is 37.8 Å². The fourth-order valence-corrected chi connectivity index (χ4v) is 4.42. The van der Waals surface area contributed by atoms with Gasteiger partial charge in [-0.3, -0.25) is 4.79 Å². The standard InChI is InChI=1S/C24H28N6O3/c31-18-8-6-17(7-9-18)27-24-26-15-16-3-1-4-19(21(16)29-24)23(32)28-20-5-2-10-25-22(20)30-11-13-33-14-12-30/h1-5,10,15,17-18,31H,6-9,11-14H2,(H,28,32)(H,26,27,29)/t17-,18-. The second kappa shape index (κ2) is 9.68. The molecule has 1 amide bonds. The predicted molar refractivity (Wildman–Crippen MR) is 127 cm³/mol. The van der Waals surface area contributed by atoms with Crippen LogP contribution in [-0.4, -0.2) is 64.4 Å². The van der Waals surface area contributed by atoms with Crippen molar-refractivity contribution >= 4 is 34.3 Å². The first-order valence-corrected chi connectivity index (χ1v) is 11.5. The zero-order valence-electron chi connectivity index (χ0n) is 18.4. The van der Waals surface area contributed by atoms with Crippen LogP contribution in [0.1, 0.15) is 36.0 Å². The number of anilines is 3. The number of carbonyl (C=O) groups excluding carboxylic acids is 1. The SMILES string of the molecule is O=C(Nc1cccnc1N1CCOCC1)c1cccc2cnc(N[C@H]3CC[C@H](O)CC3)nc12. The number of carbonyl (C=O) groups is 1. The van der Waals surface area contributed by atoms with Gasteiger partial charge in [0.25, 0.3) is 5.91 Å². The molecule has 0 unspecified atom stereocenters. The molecule has 3 aromatic rings. The van der Waals surface area contributed by atoms with Crippen molar-refractivity contribution in [1.82, 2.24) is 15.0 Å². The van der Waals surface area contributed by atoms with E-state index in [4.69, 9.17) is 4.74 Å². The molecular weight excluding hydrogens is 420 g/mol. The Morgan fingerprint density at radius 1 is 1.06 bits per heavy atom. The van der Waals surface area contributed by atoms with Crippen molar-refractivity contribution in [3.05, 3.63) is 48.3 Å². The number of benzene rings is 1. The monoisotopic (exact) mass is 448 g/mol. The van der Waals surface area contributed by atoms with Gasteiger partial charge in [0.05, 0.1) is 36.1 Å². The Morgan fingerprint density at radius 3 is 2.70 bits per heavy atom. The summed E-state index contributed by atoms with van der Waals surface area (Å²) in [5, 5.41) is 16.9. The third kappa shape index (κ3) is 4.89. The molecule has 1 aliphatic carbocycles. The van der Waals surface area contributed by atoms with Gasteiger partial charge in [-0.25, -0.2) is 15.0 Å². The lowest BCUT2D eigenvalue weighted by Gasteiger charge is -2.29. The smallest absolute Gasteiger partial charge is 0.257 e. The van der Waals surface area contributed by atoms with Crippen LogP contribution < -0.4 is 15.5 Å². The molecule has 1 aromatic carbocycles. The molecule has 1 saturated carbocycles. The number of hydrogen-bond donors (Lipinski definition) is 3. The lowest BCUT2D eigenvalue weighted by Crippen LogP contribution is -2.37. The molecule has 2 aliphatic rings. The summed E-state index contributed by atoms with van der Waals surface area (Å²) in [6, 6.07) is 9.40. The average molecular weight is 449 g/mol. The summed E-state index contributed by atoms with van der Waals surface area (Å²) in [5.41, 5.74) is 1.74. The summed E-state index contributed by atoms with van der Waals surface area (Å²) in [7, 11) is 0. The maximum absolute atomic E-state index is 13.3. The number of para-hydroxylation sites is 1. The van der Waals surface area contributed by atoms with E-state index in [-0.39, 0.29) is 18.1 Å². The normalized spacial score (nSPS) is 21.1. The molecule has 2 aromatic heterocycles. The van der Waals surface area contributed by atoms with Gasteiger partial charge < -0.3 is 25.4 Å². The molecule has 1 aliphatic heterocycles. The molecular formula is C24H28N6O3. The topological polar surface area (TPSA) is 113 Å². The molecule has 5 rings (SSSR count). The van der Waals surface area contributed by atoms with E-state index in [9.17, 15) is 9.90 Å². The maximum atomic E-state index is 13.3. The quantitative estimate of drug-likeness (QED) is 0.546. The number of pyridine rings is 1. The number of aliphatic hydroxyl groups excluding tert-OH is 1. The number of fused-ring (bicyclic) bond motifs is 1. The number of aliphatic hydroxyl groups is 1. The van der Waals surface area contributed by atoms with Crippen molar-refractivity contribution in [3.63, 3.8) is 0 Å². The lowest BCUT2D eigenvalue weighted by molar-refractivity contribution is 0.102. The van der Waals surface area contributed by atoms with Crippen molar-refractivity contribution < 1.29 is 14.6 Å². The van der Waals surface area contributed by atoms with Gasteiger partial charge in [-0.15, -0.1) is 0 Å². The van der Waals surface area contributed by atoms with Crippen LogP contribution in [0.4, 0.5) is 17.5 Å². The third-order valence-electron chi connectivity index (χ3n) is 6.23. The summed E-state index contributed by atoms with van der Waals surface area (Å²) >= 11 is 0. The van der Waals surface area contributed by atoms with Crippen molar-refractivity contribution in [3.8, 4) is 0 Å². The fourth-order valence-electron chi connectivity index (χ4n) is 4.42. The minimum Gasteiger partial charge on any atom is -0.393 e. The average Bonchev–Trinajstić information content (AvgIpc) is 2.86. The lowest BCUT2D eigenvalue weighted by atomic mass is 9.93. The summed E-state index contributed by atoms with van der Waals surface area (Å²) in [5.74, 6) is 0.999. The Labute approximate surface area is 192 Å². The van der Waals surface area contributed by atoms with E-state index in [1.165, 1.54) is 0 Å². The van der Waals surface area contributed by atoms with Gasteiger partial charge in [-0.1, -0.05) is 12.1 Å². The summed E-state index contributed by atoms with van der Waals surface area (Å²) in [6.45, 7) is 2.74. The van der Waals surface area contributed by atoms with Crippen LogP contribution in [0.15, 0.2) is 42.7 Å². The van der Waals surface area contributed by atoms with E-state index in [1.807, 2.05) is 24.3 Å². The Hall–Kier alpha value is -3.30. The largest absolute Gasteiger partial charge is 0.393 e. The second-order valence-corrected chi connectivity index (χ2v) is 8.51. The Kier molecular flexibility index (Phi) is 6.32. The number of amides is 1. The number of rotatable bonds is 5. The summed E-state index contributed by atoms with van der Waals surface area (Å²) < 4.78 is 5.44. The van der Waals surface area contributed by atoms with Crippen molar-refractivity contribution in [2.24, 2.45) is 0 Å². The summed E-state index contributed by atoms with van der Waals surface area (Å²) in [4.78, 5) is 29.0. The van der Waals surface area contributed by atoms with Crippen LogP contribution in [0.2, 0.25) is 0 Å². The third-order valence-corrected chi connectivity index (χ3v) is 6.23. The predicted octanol–water partition coefficient (Wildman–Crippen LogP) is 2.83. The minimum absolute atomic E-state index is 0.217. The molecule has 1 saturated heterocycles. The van der Waals surface area contributed by atoms with Crippen molar-refractivity contribution in [1.29, 1.82) is 0 Å². The number of morpholine rings is 1. The van der Waals surface area contributed by atoms with Crippen LogP contribution in [0.5, 0.6) is 0 Å². The van der Waals surface area contributed by atoms with Gasteiger partial charge >= 0.3 is 0 Å². The van der Waals surface area contributed by atoms with Crippen LogP contribution in [0, 0.1) is 0 Å². The molecule has 0 radical (unpaired) electrons. The minimum atomic E-state index is -0.242. The number of nitrogens with zero attached hydrogens (tertiary/aromatic N) is 4. The zero-order valence-corrected chi connectivity index (χ0v) is 18.4. The highest BCUT2D eigenvalue weighted by molar-refractivity contribution is 6.12. The molecule has 3 N–H and O–H groups in total. The fraction of sp³-hybridized carbons (Fsp3) is 0.417. The van der Waals surface area contributed by atoms with E-state index in [0.29, 0.717) is 35.9 Å². The van der Waals surface area contributed by atoms with Gasteiger partial charge in [0, 0.05) is 36.9 Å². The second-order valence-electron chi connectivity index (χ2n) is 8.51. The van der Waals surface area contributed by atoms with Crippen LogP contribution >= 0.6 is 0 Å². The van der Waals surface area contributed by atoms with Crippen LogP contribution in [0.3, 0.4) is 0 Å². The number of nitrogens with one attached hydrogen (secondary N) is 2. The van der Waals surface area contributed by atoms with E-state index < -0.39 is 0 Å². The molecule has 9 nitrogen and oxygen atoms in total. The van der Waals surface area contributed by atoms with Gasteiger partial charge in [-0.2, -0.15) is 0 Å². The summed E-state index contributed by atoms with van der Waals surface area (Å²) in [6.07, 6.45) is 6.54. The highest BCUT2D eigenvalue weighted by Gasteiger charge is 2.21. The molecule has 9 heteroatoms. The van der Waals surface area contributed by atoms with E-state index in [0.717, 1.165) is 50.0 Å². The number of hydrogen-bond acceptors (Lipinski definition) is 8. The Balaban J connectivity index is 1.39. The van der Waals surface area contributed by atoms with Crippen LogP contribution in [-0.2, 0) is 4.74 Å². The zero-order chi connectivity index (χ0) is 22.6. The van der Waals surface area contributed by atoms with Gasteiger partial charge in [0.15, 0.2) is 5.82 Å².